The number of aliphatic hydroxyl groups is 1. The van der Waals surface area contributed by atoms with Gasteiger partial charge in [-0.25, -0.2) is 0 Å². The fraction of sp³-hybridized carbons (Fsp3) is 0.406. The van der Waals surface area contributed by atoms with Crippen LogP contribution in [0.4, 0.5) is 0 Å². The zero-order chi connectivity index (χ0) is 28.9. The molecule has 2 aromatic carbocycles. The zero-order valence-corrected chi connectivity index (χ0v) is 23.2. The normalized spacial score (nSPS) is 20.1. The number of nitrogens with one attached hydrogen (secondary N) is 3. The number of esters is 1. The van der Waals surface area contributed by atoms with E-state index in [1.807, 2.05) is 72.9 Å². The Morgan fingerprint density at radius 3 is 2.54 bits per heavy atom. The predicted octanol–water partition coefficient (Wildman–Crippen LogP) is 3.08. The van der Waals surface area contributed by atoms with Gasteiger partial charge in [0.2, 0.25) is 11.8 Å². The number of carbonyl (C=O) groups excluding carboxylic acids is 3. The van der Waals surface area contributed by atoms with Crippen LogP contribution in [-0.2, 0) is 36.7 Å². The summed E-state index contributed by atoms with van der Waals surface area (Å²) in [6.07, 6.45) is 7.57. The van der Waals surface area contributed by atoms with Gasteiger partial charge in [0.25, 0.3) is 0 Å². The molecule has 2 heterocycles. The second-order valence-electron chi connectivity index (χ2n) is 10.3. The number of aromatic nitrogens is 1. The Morgan fingerprint density at radius 2 is 1.73 bits per heavy atom. The Kier molecular flexibility index (Phi) is 11.5. The average molecular weight is 562 g/mol. The summed E-state index contributed by atoms with van der Waals surface area (Å²) in [5.41, 5.74) is 3.05. The Labute approximate surface area is 240 Å². The van der Waals surface area contributed by atoms with Gasteiger partial charge in [0.05, 0.1) is 37.7 Å². The lowest BCUT2D eigenvalue weighted by molar-refractivity contribution is -0.150. The lowest BCUT2D eigenvalue weighted by atomic mass is 9.94. The van der Waals surface area contributed by atoms with Crippen LogP contribution < -0.4 is 10.6 Å². The van der Waals surface area contributed by atoms with E-state index in [1.54, 1.807) is 0 Å². The minimum absolute atomic E-state index is 0.0171. The number of aromatic amines is 1. The molecule has 3 atom stereocenters. The number of carbonyl (C=O) groups is 3. The summed E-state index contributed by atoms with van der Waals surface area (Å²) in [6, 6.07) is 17.3. The van der Waals surface area contributed by atoms with Gasteiger partial charge in [-0.3, -0.25) is 14.4 Å². The topological polar surface area (TPSA) is 130 Å². The standard InChI is InChI=1S/C32H39N3O6/c36-15-17-40-16-14-33-30(37)20-24-10-4-5-11-25(18-23-8-2-1-3-9-23)32(39)41-22-27(35-31(24)38)19-26-21-34-29-13-7-6-12-28(26)29/h1-9,12-13,21,24-25,27,34,36H,10-11,14-20,22H2,(H,33,37)(H,35,38)/t24-,25+,27+/m1/s1. The molecular weight excluding hydrogens is 522 g/mol. The van der Waals surface area contributed by atoms with Gasteiger partial charge in [-0.15, -0.1) is 0 Å². The van der Waals surface area contributed by atoms with Crippen LogP contribution in [0.2, 0.25) is 0 Å². The predicted molar refractivity (Wildman–Crippen MR) is 156 cm³/mol. The largest absolute Gasteiger partial charge is 0.463 e. The summed E-state index contributed by atoms with van der Waals surface area (Å²) in [4.78, 5) is 42.6. The van der Waals surface area contributed by atoms with Crippen molar-refractivity contribution in [3.63, 3.8) is 0 Å². The number of para-hydroxylation sites is 1. The molecule has 0 unspecified atom stereocenters. The van der Waals surface area contributed by atoms with Crippen molar-refractivity contribution in [1.82, 2.24) is 15.6 Å². The van der Waals surface area contributed by atoms with Gasteiger partial charge in [-0.05, 0) is 42.9 Å². The molecule has 0 spiro atoms. The summed E-state index contributed by atoms with van der Waals surface area (Å²) in [6.45, 7) is 0.733. The number of fused-ring (bicyclic) bond motifs is 1. The van der Waals surface area contributed by atoms with Crippen molar-refractivity contribution in [1.29, 1.82) is 0 Å². The molecular formula is C32H39N3O6. The molecule has 9 heteroatoms. The van der Waals surface area contributed by atoms with Crippen molar-refractivity contribution in [2.24, 2.45) is 11.8 Å². The van der Waals surface area contributed by atoms with E-state index >= 15 is 0 Å². The number of aliphatic hydroxyl groups excluding tert-OH is 1. The molecule has 0 saturated heterocycles. The molecule has 1 aliphatic rings. The summed E-state index contributed by atoms with van der Waals surface area (Å²) in [5, 5.41) is 15.7. The third-order valence-corrected chi connectivity index (χ3v) is 7.19. The van der Waals surface area contributed by atoms with Crippen molar-refractivity contribution in [2.45, 2.75) is 38.1 Å². The van der Waals surface area contributed by atoms with Crippen LogP contribution in [0.1, 0.15) is 30.4 Å². The molecule has 4 rings (SSSR count). The highest BCUT2D eigenvalue weighted by atomic mass is 16.5. The number of rotatable bonds is 11. The Balaban J connectivity index is 1.50. The van der Waals surface area contributed by atoms with Gasteiger partial charge >= 0.3 is 5.97 Å². The van der Waals surface area contributed by atoms with Crippen LogP contribution in [0, 0.1) is 11.8 Å². The Bertz CT molecular complexity index is 1310. The average Bonchev–Trinajstić information content (AvgIpc) is 3.39. The van der Waals surface area contributed by atoms with Gasteiger partial charge in [-0.2, -0.15) is 0 Å². The molecule has 9 nitrogen and oxygen atoms in total. The SMILES string of the molecule is O=C(C[C@H]1CC=CC[C@@H](Cc2ccccc2)C(=O)OC[C@H](Cc2c[nH]c3ccccc23)NC1=O)NCCOCCO. The van der Waals surface area contributed by atoms with Gasteiger partial charge in [-0.1, -0.05) is 60.7 Å². The lowest BCUT2D eigenvalue weighted by Crippen LogP contribution is -2.44. The molecule has 41 heavy (non-hydrogen) atoms. The van der Waals surface area contributed by atoms with Crippen LogP contribution in [0.15, 0.2) is 72.9 Å². The highest BCUT2D eigenvalue weighted by molar-refractivity contribution is 5.86. The first kappa shape index (κ1) is 30.0. The summed E-state index contributed by atoms with van der Waals surface area (Å²) in [7, 11) is 0. The molecule has 2 amide bonds. The van der Waals surface area contributed by atoms with E-state index in [-0.39, 0.29) is 56.5 Å². The van der Waals surface area contributed by atoms with Crippen molar-refractivity contribution in [3.8, 4) is 0 Å². The Hall–Kier alpha value is -3.95. The quantitative estimate of drug-likeness (QED) is 0.162. The minimum Gasteiger partial charge on any atom is -0.463 e. The van der Waals surface area contributed by atoms with E-state index < -0.39 is 12.0 Å². The number of hydrogen-bond donors (Lipinski definition) is 4. The highest BCUT2D eigenvalue weighted by Gasteiger charge is 2.27. The number of ether oxygens (including phenoxy) is 2. The first-order valence-corrected chi connectivity index (χ1v) is 14.2. The Morgan fingerprint density at radius 1 is 0.976 bits per heavy atom. The third kappa shape index (κ3) is 9.30. The van der Waals surface area contributed by atoms with Crippen LogP contribution in [0.3, 0.4) is 0 Å². The van der Waals surface area contributed by atoms with E-state index in [0.29, 0.717) is 32.2 Å². The monoisotopic (exact) mass is 561 g/mol. The maximum Gasteiger partial charge on any atom is 0.309 e. The van der Waals surface area contributed by atoms with Gasteiger partial charge in [0.1, 0.15) is 6.61 Å². The van der Waals surface area contributed by atoms with E-state index in [2.05, 4.69) is 15.6 Å². The number of hydrogen-bond acceptors (Lipinski definition) is 6. The van der Waals surface area contributed by atoms with Crippen LogP contribution >= 0.6 is 0 Å². The van der Waals surface area contributed by atoms with Gasteiger partial charge < -0.3 is 30.2 Å². The summed E-state index contributed by atoms with van der Waals surface area (Å²) >= 11 is 0. The number of cyclic esters (lactones) is 1. The van der Waals surface area contributed by atoms with Crippen molar-refractivity contribution in [2.75, 3.05) is 33.0 Å². The summed E-state index contributed by atoms with van der Waals surface area (Å²) < 4.78 is 11.0. The molecule has 0 fully saturated rings. The lowest BCUT2D eigenvalue weighted by Gasteiger charge is -2.24. The number of benzene rings is 2. The maximum absolute atomic E-state index is 13.4. The molecule has 1 aliphatic heterocycles. The van der Waals surface area contributed by atoms with Crippen molar-refractivity contribution >= 4 is 28.7 Å². The molecule has 0 bridgehead atoms. The molecule has 1 aromatic heterocycles. The number of amides is 2. The van der Waals surface area contributed by atoms with Gasteiger partial charge in [0.15, 0.2) is 0 Å². The molecule has 0 aliphatic carbocycles. The molecule has 218 valence electrons. The van der Waals surface area contributed by atoms with E-state index in [4.69, 9.17) is 14.6 Å². The fourth-order valence-electron chi connectivity index (χ4n) is 5.03. The van der Waals surface area contributed by atoms with Crippen molar-refractivity contribution in [3.05, 3.63) is 84.1 Å². The van der Waals surface area contributed by atoms with E-state index in [0.717, 1.165) is 22.0 Å². The molecule has 3 aromatic rings. The van der Waals surface area contributed by atoms with Crippen LogP contribution in [-0.4, -0.2) is 66.9 Å². The highest BCUT2D eigenvalue weighted by Crippen LogP contribution is 2.22. The fourth-order valence-corrected chi connectivity index (χ4v) is 5.03. The zero-order valence-electron chi connectivity index (χ0n) is 23.2. The van der Waals surface area contributed by atoms with Crippen LogP contribution in [0.25, 0.3) is 10.9 Å². The van der Waals surface area contributed by atoms with Crippen molar-refractivity contribution < 1.29 is 29.0 Å². The smallest absolute Gasteiger partial charge is 0.309 e. The maximum atomic E-state index is 13.4. The van der Waals surface area contributed by atoms with E-state index in [1.165, 1.54) is 0 Å². The second-order valence-corrected chi connectivity index (χ2v) is 10.3. The first-order valence-electron chi connectivity index (χ1n) is 14.2. The minimum atomic E-state index is -0.585. The van der Waals surface area contributed by atoms with E-state index in [9.17, 15) is 14.4 Å². The number of H-pyrrole nitrogens is 1. The molecule has 4 N–H and O–H groups in total. The molecule has 0 saturated carbocycles. The molecule has 0 radical (unpaired) electrons. The van der Waals surface area contributed by atoms with Crippen LogP contribution in [0.5, 0.6) is 0 Å². The second kappa shape index (κ2) is 15.7. The third-order valence-electron chi connectivity index (χ3n) is 7.19. The summed E-state index contributed by atoms with van der Waals surface area (Å²) in [5.74, 6) is -1.75. The first-order chi connectivity index (χ1) is 20.0. The number of allylic oxidation sites excluding steroid dienone is 2. The van der Waals surface area contributed by atoms with Gasteiger partial charge in [0, 0.05) is 30.1 Å².